The van der Waals surface area contributed by atoms with Gasteiger partial charge in [-0.2, -0.15) is 5.26 Å². The second kappa shape index (κ2) is 5.46. The molecule has 0 aliphatic carbocycles. The maximum absolute atomic E-state index is 12.9. The molecule has 2 nitrogen and oxygen atoms in total. The molecule has 0 saturated heterocycles. The normalized spacial score (nSPS) is 9.88. The van der Waals surface area contributed by atoms with Crippen LogP contribution in [0.25, 0.3) is 0 Å². The van der Waals surface area contributed by atoms with E-state index in [0.717, 1.165) is 10.5 Å². The lowest BCUT2D eigenvalue weighted by Crippen LogP contribution is -1.86. The molecule has 0 atom stereocenters. The van der Waals surface area contributed by atoms with Gasteiger partial charge in [0.05, 0.1) is 0 Å². The molecule has 0 unspecified atom stereocenters. The summed E-state index contributed by atoms with van der Waals surface area (Å²) in [7, 11) is 0. The van der Waals surface area contributed by atoms with E-state index in [2.05, 4.69) is 4.98 Å². The third-order valence-corrected chi connectivity index (χ3v) is 3.21. The van der Waals surface area contributed by atoms with Crippen LogP contribution in [-0.2, 0) is 5.75 Å². The number of aromatic nitrogens is 1. The van der Waals surface area contributed by atoms with Gasteiger partial charge >= 0.3 is 0 Å². The molecule has 0 spiro atoms. The van der Waals surface area contributed by atoms with Gasteiger partial charge in [0.2, 0.25) is 0 Å². The Hall–Kier alpha value is -1.86. The van der Waals surface area contributed by atoms with Crippen LogP contribution in [0, 0.1) is 17.1 Å². The Bertz CT molecular complexity index is 563. The van der Waals surface area contributed by atoms with E-state index >= 15 is 0 Å². The van der Waals surface area contributed by atoms with Crippen molar-refractivity contribution in [3.05, 3.63) is 59.7 Å². The molecule has 2 aromatic rings. The van der Waals surface area contributed by atoms with E-state index in [-0.39, 0.29) is 5.82 Å². The third-order valence-electron chi connectivity index (χ3n) is 2.14. The van der Waals surface area contributed by atoms with Gasteiger partial charge in [-0.05, 0) is 35.9 Å². The molecule has 0 N–H and O–H groups in total. The number of rotatable bonds is 3. The largest absolute Gasteiger partial charge is 0.246 e. The number of nitriles is 1. The lowest BCUT2D eigenvalue weighted by molar-refractivity contribution is 0.624. The van der Waals surface area contributed by atoms with E-state index in [1.807, 2.05) is 18.2 Å². The van der Waals surface area contributed by atoms with Crippen LogP contribution in [-0.4, -0.2) is 4.98 Å². The highest BCUT2D eigenvalue weighted by molar-refractivity contribution is 7.98. The Kier molecular flexibility index (Phi) is 3.73. The van der Waals surface area contributed by atoms with Gasteiger partial charge in [0.1, 0.15) is 17.6 Å². The van der Waals surface area contributed by atoms with Gasteiger partial charge in [-0.15, -0.1) is 11.8 Å². The van der Waals surface area contributed by atoms with Crippen LogP contribution >= 0.6 is 11.8 Å². The minimum Gasteiger partial charge on any atom is -0.246 e. The second-order valence-corrected chi connectivity index (χ2v) is 4.46. The Morgan fingerprint density at radius 2 is 2.18 bits per heavy atom. The molecule has 0 bridgehead atoms. The van der Waals surface area contributed by atoms with E-state index < -0.39 is 0 Å². The first-order valence-corrected chi connectivity index (χ1v) is 6.00. The fraction of sp³-hybridized carbons (Fsp3) is 0.0769. The number of pyridine rings is 1. The summed E-state index contributed by atoms with van der Waals surface area (Å²) < 4.78 is 12.9. The van der Waals surface area contributed by atoms with E-state index in [9.17, 15) is 4.39 Å². The third kappa shape index (κ3) is 3.30. The van der Waals surface area contributed by atoms with Crippen LogP contribution in [0.5, 0.6) is 0 Å². The summed E-state index contributed by atoms with van der Waals surface area (Å²) in [6.45, 7) is 0. The molecule has 0 aliphatic heterocycles. The quantitative estimate of drug-likeness (QED) is 0.776. The summed E-state index contributed by atoms with van der Waals surface area (Å²) in [5.41, 5.74) is 1.41. The zero-order chi connectivity index (χ0) is 12.1. The summed E-state index contributed by atoms with van der Waals surface area (Å²) in [6, 6.07) is 12.1. The Balaban J connectivity index is 2.05. The van der Waals surface area contributed by atoms with Crippen LogP contribution in [0.15, 0.2) is 47.5 Å². The summed E-state index contributed by atoms with van der Waals surface area (Å²) >= 11 is 1.53. The standard InChI is InChI=1S/C13H9FN2S/c14-11-2-1-3-13(7-11)17-9-10-4-5-16-12(6-10)8-15/h1-7H,9H2. The molecule has 1 aromatic carbocycles. The van der Waals surface area contributed by atoms with Gasteiger partial charge in [-0.1, -0.05) is 6.07 Å². The van der Waals surface area contributed by atoms with Crippen LogP contribution in [0.4, 0.5) is 4.39 Å². The highest BCUT2D eigenvalue weighted by Gasteiger charge is 1.99. The van der Waals surface area contributed by atoms with Crippen molar-refractivity contribution >= 4 is 11.8 Å². The zero-order valence-electron chi connectivity index (χ0n) is 8.93. The number of hydrogen-bond acceptors (Lipinski definition) is 3. The maximum atomic E-state index is 12.9. The smallest absolute Gasteiger partial charge is 0.140 e. The molecule has 0 saturated carbocycles. The molecule has 0 fully saturated rings. The highest BCUT2D eigenvalue weighted by Crippen LogP contribution is 2.23. The monoisotopic (exact) mass is 244 g/mol. The maximum Gasteiger partial charge on any atom is 0.140 e. The van der Waals surface area contributed by atoms with Crippen molar-refractivity contribution < 1.29 is 4.39 Å². The highest BCUT2D eigenvalue weighted by atomic mass is 32.2. The number of hydrogen-bond donors (Lipinski definition) is 0. The number of nitrogens with zero attached hydrogens (tertiary/aromatic N) is 2. The molecule has 2 rings (SSSR count). The SMILES string of the molecule is N#Cc1cc(CSc2cccc(F)c2)ccn1. The molecule has 84 valence electrons. The van der Waals surface area contributed by atoms with Crippen molar-refractivity contribution in [3.8, 4) is 6.07 Å². The van der Waals surface area contributed by atoms with Crippen molar-refractivity contribution in [2.24, 2.45) is 0 Å². The second-order valence-electron chi connectivity index (χ2n) is 3.41. The minimum absolute atomic E-state index is 0.234. The lowest BCUT2D eigenvalue weighted by atomic mass is 10.2. The van der Waals surface area contributed by atoms with Crippen molar-refractivity contribution in [2.45, 2.75) is 10.6 Å². The summed E-state index contributed by atoms with van der Waals surface area (Å²) in [4.78, 5) is 4.77. The topological polar surface area (TPSA) is 36.7 Å². The first-order valence-electron chi connectivity index (χ1n) is 5.01. The van der Waals surface area contributed by atoms with E-state index in [0.29, 0.717) is 11.4 Å². The van der Waals surface area contributed by atoms with E-state index in [4.69, 9.17) is 5.26 Å². The number of thioether (sulfide) groups is 1. The van der Waals surface area contributed by atoms with Gasteiger partial charge in [0, 0.05) is 16.8 Å². The van der Waals surface area contributed by atoms with Gasteiger partial charge in [-0.25, -0.2) is 9.37 Å². The average Bonchev–Trinajstić information content (AvgIpc) is 2.37. The van der Waals surface area contributed by atoms with Gasteiger partial charge in [0.15, 0.2) is 0 Å². The van der Waals surface area contributed by atoms with Crippen molar-refractivity contribution in [1.29, 1.82) is 5.26 Å². The molecular formula is C13H9FN2S. The Morgan fingerprint density at radius 3 is 2.94 bits per heavy atom. The van der Waals surface area contributed by atoms with Crippen LogP contribution < -0.4 is 0 Å². The molecule has 0 aliphatic rings. The summed E-state index contributed by atoms with van der Waals surface area (Å²) in [5, 5.41) is 8.71. The molecule has 4 heteroatoms. The molecule has 0 radical (unpaired) electrons. The van der Waals surface area contributed by atoms with Crippen LogP contribution in [0.2, 0.25) is 0 Å². The Morgan fingerprint density at radius 1 is 1.29 bits per heavy atom. The predicted molar refractivity (Wildman–Crippen MR) is 64.9 cm³/mol. The summed E-state index contributed by atoms with van der Waals surface area (Å²) in [6.07, 6.45) is 1.61. The first-order chi connectivity index (χ1) is 8.28. The molecule has 0 amide bonds. The van der Waals surface area contributed by atoms with Gasteiger partial charge in [0.25, 0.3) is 0 Å². The van der Waals surface area contributed by atoms with Crippen molar-refractivity contribution in [1.82, 2.24) is 4.98 Å². The average molecular weight is 244 g/mol. The van der Waals surface area contributed by atoms with E-state index in [1.165, 1.54) is 23.9 Å². The van der Waals surface area contributed by atoms with Crippen molar-refractivity contribution in [2.75, 3.05) is 0 Å². The van der Waals surface area contributed by atoms with Gasteiger partial charge < -0.3 is 0 Å². The molecule has 17 heavy (non-hydrogen) atoms. The fourth-order valence-corrected chi connectivity index (χ4v) is 2.23. The first kappa shape index (κ1) is 11.6. The van der Waals surface area contributed by atoms with Gasteiger partial charge in [-0.3, -0.25) is 0 Å². The lowest BCUT2D eigenvalue weighted by Gasteiger charge is -2.02. The zero-order valence-corrected chi connectivity index (χ0v) is 9.75. The molecule has 1 aromatic heterocycles. The minimum atomic E-state index is -0.234. The van der Waals surface area contributed by atoms with Crippen molar-refractivity contribution in [3.63, 3.8) is 0 Å². The number of benzene rings is 1. The van der Waals surface area contributed by atoms with Crippen LogP contribution in [0.1, 0.15) is 11.3 Å². The fourth-order valence-electron chi connectivity index (χ4n) is 1.35. The van der Waals surface area contributed by atoms with E-state index in [1.54, 1.807) is 18.3 Å². The Labute approximate surface area is 103 Å². The van der Waals surface area contributed by atoms with Crippen LogP contribution in [0.3, 0.4) is 0 Å². The molecular weight excluding hydrogens is 235 g/mol. The predicted octanol–water partition coefficient (Wildman–Crippen LogP) is 3.38. The number of halogens is 1. The summed E-state index contributed by atoms with van der Waals surface area (Å²) in [5.74, 6) is 0.461. The molecule has 1 heterocycles.